The summed E-state index contributed by atoms with van der Waals surface area (Å²) in [6, 6.07) is 0. The summed E-state index contributed by atoms with van der Waals surface area (Å²) in [6.07, 6.45) is 5.26. The van der Waals surface area contributed by atoms with Gasteiger partial charge in [-0.25, -0.2) is 19.4 Å². The Kier molecular flexibility index (Phi) is 2.62. The predicted octanol–water partition coefficient (Wildman–Crippen LogP) is -0.756. The van der Waals surface area contributed by atoms with Crippen LogP contribution < -0.4 is 11.1 Å². The summed E-state index contributed by atoms with van der Waals surface area (Å²) < 4.78 is 2.16. The Morgan fingerprint density at radius 3 is 2.95 bits per heavy atom. The molecule has 3 rings (SSSR count). The first-order chi connectivity index (χ1) is 9.16. The van der Waals surface area contributed by atoms with Crippen LogP contribution in [0, 0.1) is 0 Å². The number of rotatable bonds is 2. The molecule has 2 aromatic rings. The average Bonchev–Trinajstić information content (AvgIpc) is 3.00. The first-order valence-corrected chi connectivity index (χ1v) is 5.91. The molecule has 19 heavy (non-hydrogen) atoms. The highest BCUT2D eigenvalue weighted by molar-refractivity contribution is 5.99. The van der Waals surface area contributed by atoms with Gasteiger partial charge in [0.05, 0.1) is 0 Å². The highest BCUT2D eigenvalue weighted by Crippen LogP contribution is 2.21. The Morgan fingerprint density at radius 2 is 2.21 bits per heavy atom. The third-order valence-corrected chi connectivity index (χ3v) is 3.14. The second-order valence-electron chi connectivity index (χ2n) is 4.35. The first-order valence-electron chi connectivity index (χ1n) is 5.91. The molecular weight excluding hydrogens is 248 g/mol. The zero-order valence-electron chi connectivity index (χ0n) is 10.3. The molecule has 0 saturated carbocycles. The van der Waals surface area contributed by atoms with E-state index in [-0.39, 0.29) is 0 Å². The van der Waals surface area contributed by atoms with E-state index in [4.69, 9.17) is 0 Å². The molecule has 0 bridgehead atoms. The molecule has 0 radical (unpaired) electrons. The molecule has 0 aromatic carbocycles. The van der Waals surface area contributed by atoms with Gasteiger partial charge in [0.2, 0.25) is 0 Å². The van der Waals surface area contributed by atoms with Crippen LogP contribution in [0.3, 0.4) is 0 Å². The van der Waals surface area contributed by atoms with E-state index < -0.39 is 11.6 Å². The van der Waals surface area contributed by atoms with Crippen LogP contribution in [-0.2, 0) is 19.9 Å². The molecule has 98 valence electrons. The maximum Gasteiger partial charge on any atom is 0.364 e. The molecule has 0 unspecified atom stereocenters. The van der Waals surface area contributed by atoms with Gasteiger partial charge in [0, 0.05) is 18.3 Å². The van der Waals surface area contributed by atoms with Gasteiger partial charge < -0.3 is 0 Å². The minimum Gasteiger partial charge on any atom is -0.266 e. The molecule has 0 aliphatic heterocycles. The maximum atomic E-state index is 12.1. The van der Waals surface area contributed by atoms with Gasteiger partial charge in [-0.1, -0.05) is 0 Å². The second-order valence-corrected chi connectivity index (χ2v) is 4.35. The number of nitrogens with zero attached hydrogens (tertiary/aromatic N) is 5. The number of hydrogen-bond acceptors (Lipinski definition) is 5. The van der Waals surface area contributed by atoms with Crippen molar-refractivity contribution in [2.75, 3.05) is 5.43 Å². The summed E-state index contributed by atoms with van der Waals surface area (Å²) in [5.74, 6) is -0.421. The van der Waals surface area contributed by atoms with Crippen molar-refractivity contribution in [1.82, 2.24) is 24.4 Å². The molecule has 1 N–H and O–H groups in total. The molecule has 1 aliphatic rings. The minimum absolute atomic E-state index is 0.332. The van der Waals surface area contributed by atoms with Crippen LogP contribution in [0.2, 0.25) is 0 Å². The van der Waals surface area contributed by atoms with Gasteiger partial charge >= 0.3 is 5.69 Å². The molecule has 0 saturated heterocycles. The molecule has 0 atom stereocenters. The van der Waals surface area contributed by atoms with E-state index in [1.807, 2.05) is 0 Å². The quantitative estimate of drug-likeness (QED) is 0.766. The van der Waals surface area contributed by atoms with Crippen molar-refractivity contribution in [2.24, 2.45) is 7.05 Å². The monoisotopic (exact) mass is 260 g/mol. The number of amides is 1. The summed E-state index contributed by atoms with van der Waals surface area (Å²) in [6.45, 7) is 0. The normalized spacial score (nSPS) is 13.3. The van der Waals surface area contributed by atoms with Gasteiger partial charge in [0.15, 0.2) is 0 Å². The van der Waals surface area contributed by atoms with Gasteiger partial charge in [-0.15, -0.1) is 0 Å². The van der Waals surface area contributed by atoms with Crippen LogP contribution >= 0.6 is 0 Å². The number of aryl methyl sites for hydroxylation is 2. The van der Waals surface area contributed by atoms with Crippen LogP contribution in [0.1, 0.15) is 28.2 Å². The Labute approximate surface area is 108 Å². The van der Waals surface area contributed by atoms with Gasteiger partial charge in [0.25, 0.3) is 5.91 Å². The second kappa shape index (κ2) is 4.30. The fourth-order valence-corrected chi connectivity index (χ4v) is 2.18. The number of hydrogen-bond donors (Lipinski definition) is 1. The highest BCUT2D eigenvalue weighted by Gasteiger charge is 2.22. The zero-order valence-corrected chi connectivity index (χ0v) is 10.3. The fraction of sp³-hybridized carbons (Fsp3) is 0.364. The van der Waals surface area contributed by atoms with E-state index in [1.165, 1.54) is 19.7 Å². The lowest BCUT2D eigenvalue weighted by molar-refractivity contribution is 0.100. The van der Waals surface area contributed by atoms with Gasteiger partial charge in [-0.05, 0) is 19.3 Å². The van der Waals surface area contributed by atoms with Crippen molar-refractivity contribution in [3.05, 3.63) is 40.1 Å². The van der Waals surface area contributed by atoms with Crippen molar-refractivity contribution in [2.45, 2.75) is 19.3 Å². The van der Waals surface area contributed by atoms with E-state index in [9.17, 15) is 9.59 Å². The number of carbonyl (C=O) groups excluding carboxylic acids is 1. The average molecular weight is 260 g/mol. The third-order valence-electron chi connectivity index (χ3n) is 3.14. The standard InChI is InChI=1S/C11H12N6O2/c1-16-11(19)17(6-14-16)15-10(18)9-7-3-2-4-8(7)12-5-13-9/h5-6H,2-4H2,1H3,(H,15,18). The number of carbonyl (C=O) groups is 1. The molecule has 2 heterocycles. The molecule has 8 nitrogen and oxygen atoms in total. The van der Waals surface area contributed by atoms with Crippen LogP contribution in [-0.4, -0.2) is 30.3 Å². The Hall–Kier alpha value is -2.51. The Morgan fingerprint density at radius 1 is 1.37 bits per heavy atom. The van der Waals surface area contributed by atoms with Crippen molar-refractivity contribution in [3.8, 4) is 0 Å². The predicted molar refractivity (Wildman–Crippen MR) is 65.2 cm³/mol. The molecule has 0 spiro atoms. The van der Waals surface area contributed by atoms with Crippen LogP contribution in [0.4, 0.5) is 0 Å². The molecule has 1 aliphatic carbocycles. The van der Waals surface area contributed by atoms with E-state index in [1.54, 1.807) is 0 Å². The van der Waals surface area contributed by atoms with Crippen molar-refractivity contribution in [1.29, 1.82) is 0 Å². The zero-order chi connectivity index (χ0) is 13.4. The van der Waals surface area contributed by atoms with E-state index in [0.29, 0.717) is 5.69 Å². The smallest absolute Gasteiger partial charge is 0.266 e. The molecule has 8 heteroatoms. The Bertz CT molecular complexity index is 701. The SMILES string of the molecule is Cn1ncn(NC(=O)c2ncnc3c2CCC3)c1=O. The summed E-state index contributed by atoms with van der Waals surface area (Å²) >= 11 is 0. The van der Waals surface area contributed by atoms with Gasteiger partial charge in [-0.3, -0.25) is 10.2 Å². The molecule has 2 aromatic heterocycles. The lowest BCUT2D eigenvalue weighted by Crippen LogP contribution is -2.34. The summed E-state index contributed by atoms with van der Waals surface area (Å²) in [7, 11) is 1.51. The lowest BCUT2D eigenvalue weighted by atomic mass is 10.2. The highest BCUT2D eigenvalue weighted by atomic mass is 16.2. The van der Waals surface area contributed by atoms with Crippen LogP contribution in [0.15, 0.2) is 17.4 Å². The van der Waals surface area contributed by atoms with E-state index in [0.717, 1.165) is 39.9 Å². The van der Waals surface area contributed by atoms with E-state index >= 15 is 0 Å². The first kappa shape index (κ1) is 11.6. The number of aromatic nitrogens is 5. The largest absolute Gasteiger partial charge is 0.364 e. The van der Waals surface area contributed by atoms with Crippen molar-refractivity contribution < 1.29 is 4.79 Å². The number of fused-ring (bicyclic) bond motifs is 1. The minimum atomic E-state index is -0.421. The lowest BCUT2D eigenvalue weighted by Gasteiger charge is -2.06. The molecule has 1 amide bonds. The van der Waals surface area contributed by atoms with Gasteiger partial charge in [0.1, 0.15) is 18.3 Å². The van der Waals surface area contributed by atoms with E-state index in [2.05, 4.69) is 20.5 Å². The molecule has 0 fully saturated rings. The Balaban J connectivity index is 1.91. The van der Waals surface area contributed by atoms with Crippen molar-refractivity contribution >= 4 is 5.91 Å². The number of nitrogens with one attached hydrogen (secondary N) is 1. The van der Waals surface area contributed by atoms with Gasteiger partial charge in [-0.2, -0.15) is 9.77 Å². The van der Waals surface area contributed by atoms with Crippen molar-refractivity contribution in [3.63, 3.8) is 0 Å². The summed E-state index contributed by atoms with van der Waals surface area (Å²) in [4.78, 5) is 31.9. The fourth-order valence-electron chi connectivity index (χ4n) is 2.18. The molecular formula is C11H12N6O2. The van der Waals surface area contributed by atoms with Crippen LogP contribution in [0.25, 0.3) is 0 Å². The topological polar surface area (TPSA) is 94.7 Å². The summed E-state index contributed by atoms with van der Waals surface area (Å²) in [5, 5.41) is 3.76. The summed E-state index contributed by atoms with van der Waals surface area (Å²) in [5.41, 5.74) is 4.17. The van der Waals surface area contributed by atoms with Crippen LogP contribution in [0.5, 0.6) is 0 Å². The third kappa shape index (κ3) is 1.90. The maximum absolute atomic E-state index is 12.1.